The first-order chi connectivity index (χ1) is 10.2. The molecule has 1 fully saturated rings. The Bertz CT molecular complexity index is 516. The fourth-order valence-corrected chi connectivity index (χ4v) is 2.57. The minimum absolute atomic E-state index is 0.0219. The molecule has 1 aliphatic heterocycles. The van der Waals surface area contributed by atoms with Crippen LogP contribution in [0.15, 0.2) is 24.3 Å². The Hall–Kier alpha value is -2.19. The number of methoxy groups -OCH3 is 1. The van der Waals surface area contributed by atoms with Crippen molar-refractivity contribution in [2.75, 3.05) is 51.3 Å². The van der Waals surface area contributed by atoms with E-state index in [1.54, 1.807) is 7.11 Å². The Labute approximate surface area is 125 Å². The summed E-state index contributed by atoms with van der Waals surface area (Å²) in [7, 11) is 1.69. The van der Waals surface area contributed by atoms with Gasteiger partial charge in [0, 0.05) is 0 Å². The van der Waals surface area contributed by atoms with Gasteiger partial charge in [0.15, 0.2) is 6.54 Å². The van der Waals surface area contributed by atoms with Crippen molar-refractivity contribution in [1.29, 1.82) is 0 Å². The molecule has 0 radical (unpaired) electrons. The van der Waals surface area contributed by atoms with E-state index < -0.39 is 0 Å². The van der Waals surface area contributed by atoms with Gasteiger partial charge in [0.2, 0.25) is 0 Å². The molecule has 0 aliphatic carbocycles. The van der Waals surface area contributed by atoms with Crippen LogP contribution in [0, 0.1) is 12.3 Å². The Morgan fingerprint density at radius 3 is 2.81 bits per heavy atom. The zero-order chi connectivity index (χ0) is 15.1. The summed E-state index contributed by atoms with van der Waals surface area (Å²) >= 11 is 0. The molecule has 5 heteroatoms. The predicted octanol–water partition coefficient (Wildman–Crippen LogP) is -0.850. The van der Waals surface area contributed by atoms with Crippen LogP contribution in [0.5, 0.6) is 5.75 Å². The van der Waals surface area contributed by atoms with Crippen molar-refractivity contribution in [3.8, 4) is 18.1 Å². The standard InChI is InChI=1S/C16H21N3O2/c1-3-8-17-16(20)13-18-9-11-19(12-10-18)14-6-4-5-7-15(14)21-2/h1,4-7H,8-13H2,2H3,(H,17,20)/p+1. The largest absolute Gasteiger partial charge is 0.495 e. The second-order valence-corrected chi connectivity index (χ2v) is 5.07. The Morgan fingerprint density at radius 2 is 2.14 bits per heavy atom. The van der Waals surface area contributed by atoms with Gasteiger partial charge in [-0.1, -0.05) is 18.1 Å². The number of benzene rings is 1. The Morgan fingerprint density at radius 1 is 1.43 bits per heavy atom. The number of hydrogen-bond donors (Lipinski definition) is 2. The van der Waals surface area contributed by atoms with Crippen molar-refractivity contribution in [2.45, 2.75) is 0 Å². The number of nitrogens with zero attached hydrogens (tertiary/aromatic N) is 1. The Kier molecular flexibility index (Phi) is 5.47. The molecule has 0 spiro atoms. The van der Waals surface area contributed by atoms with Crippen molar-refractivity contribution in [3.05, 3.63) is 24.3 Å². The van der Waals surface area contributed by atoms with E-state index in [1.165, 1.54) is 4.90 Å². The normalized spacial score (nSPS) is 15.3. The molecule has 0 aromatic heterocycles. The van der Waals surface area contributed by atoms with Crippen LogP contribution in [0.1, 0.15) is 0 Å². The number of para-hydroxylation sites is 2. The summed E-state index contributed by atoms with van der Waals surface area (Å²) in [6, 6.07) is 8.04. The number of amides is 1. The van der Waals surface area contributed by atoms with Crippen LogP contribution < -0.4 is 19.9 Å². The fraction of sp³-hybridized carbons (Fsp3) is 0.438. The van der Waals surface area contributed by atoms with Gasteiger partial charge in [0.25, 0.3) is 5.91 Å². The van der Waals surface area contributed by atoms with E-state index >= 15 is 0 Å². The maximum Gasteiger partial charge on any atom is 0.275 e. The zero-order valence-electron chi connectivity index (χ0n) is 12.4. The summed E-state index contributed by atoms with van der Waals surface area (Å²) in [5, 5.41) is 2.71. The number of ether oxygens (including phenoxy) is 1. The van der Waals surface area contributed by atoms with Gasteiger partial charge in [-0.2, -0.15) is 0 Å². The van der Waals surface area contributed by atoms with Crippen molar-refractivity contribution in [2.24, 2.45) is 0 Å². The lowest BCUT2D eigenvalue weighted by atomic mass is 10.2. The van der Waals surface area contributed by atoms with Gasteiger partial charge in [-0.25, -0.2) is 0 Å². The summed E-state index contributed by atoms with van der Waals surface area (Å²) in [5.41, 5.74) is 1.12. The van der Waals surface area contributed by atoms with E-state index in [2.05, 4.69) is 22.2 Å². The molecule has 0 atom stereocenters. The molecule has 1 aromatic carbocycles. The van der Waals surface area contributed by atoms with Gasteiger partial charge in [0.1, 0.15) is 5.75 Å². The number of terminal acetylenes is 1. The van der Waals surface area contributed by atoms with Crippen molar-refractivity contribution in [3.63, 3.8) is 0 Å². The van der Waals surface area contributed by atoms with Gasteiger partial charge in [0.05, 0.1) is 45.5 Å². The number of carbonyl (C=O) groups is 1. The lowest BCUT2D eigenvalue weighted by Gasteiger charge is -2.33. The highest BCUT2D eigenvalue weighted by Gasteiger charge is 2.23. The van der Waals surface area contributed by atoms with Crippen molar-refractivity contribution < 1.29 is 14.4 Å². The molecule has 21 heavy (non-hydrogen) atoms. The third-order valence-electron chi connectivity index (χ3n) is 3.69. The van der Waals surface area contributed by atoms with Gasteiger partial charge in [-0.05, 0) is 12.1 Å². The first-order valence-electron chi connectivity index (χ1n) is 7.16. The molecule has 1 amide bonds. The SMILES string of the molecule is C#CCNC(=O)C[NH+]1CCN(c2ccccc2OC)CC1. The summed E-state index contributed by atoms with van der Waals surface area (Å²) < 4.78 is 5.40. The molecular weight excluding hydrogens is 266 g/mol. The summed E-state index contributed by atoms with van der Waals surface area (Å²) in [4.78, 5) is 15.3. The van der Waals surface area contributed by atoms with E-state index in [1.807, 2.05) is 18.2 Å². The number of hydrogen-bond acceptors (Lipinski definition) is 3. The first-order valence-corrected chi connectivity index (χ1v) is 7.16. The molecule has 0 saturated carbocycles. The van der Waals surface area contributed by atoms with Crippen molar-refractivity contribution >= 4 is 11.6 Å². The number of quaternary nitrogens is 1. The predicted molar refractivity (Wildman–Crippen MR) is 82.6 cm³/mol. The summed E-state index contributed by atoms with van der Waals surface area (Å²) in [6.07, 6.45) is 5.13. The molecule has 1 aromatic rings. The molecule has 2 N–H and O–H groups in total. The molecule has 0 unspecified atom stereocenters. The quantitative estimate of drug-likeness (QED) is 0.694. The van der Waals surface area contributed by atoms with Crippen LogP contribution in [0.3, 0.4) is 0 Å². The minimum atomic E-state index is 0.0219. The highest BCUT2D eigenvalue weighted by molar-refractivity contribution is 5.77. The smallest absolute Gasteiger partial charge is 0.275 e. The Balaban J connectivity index is 1.86. The molecule has 0 bridgehead atoms. The molecule has 1 saturated heterocycles. The zero-order valence-corrected chi connectivity index (χ0v) is 12.4. The molecule has 5 nitrogen and oxygen atoms in total. The van der Waals surface area contributed by atoms with E-state index in [0.29, 0.717) is 13.1 Å². The average molecular weight is 288 g/mol. The molecule has 1 aliphatic rings. The van der Waals surface area contributed by atoms with Crippen LogP contribution in [0.4, 0.5) is 5.69 Å². The van der Waals surface area contributed by atoms with Crippen LogP contribution in [-0.4, -0.2) is 52.3 Å². The fourth-order valence-electron chi connectivity index (χ4n) is 2.57. The van der Waals surface area contributed by atoms with Gasteiger partial charge in [-0.15, -0.1) is 6.42 Å². The van der Waals surface area contributed by atoms with E-state index in [0.717, 1.165) is 37.6 Å². The molecule has 2 rings (SSSR count). The number of carbonyl (C=O) groups excluding carboxylic acids is 1. The van der Waals surface area contributed by atoms with Crippen molar-refractivity contribution in [1.82, 2.24) is 5.32 Å². The lowest BCUT2D eigenvalue weighted by molar-refractivity contribution is -0.892. The average Bonchev–Trinajstić information content (AvgIpc) is 2.53. The van der Waals surface area contributed by atoms with Crippen LogP contribution in [0.25, 0.3) is 0 Å². The van der Waals surface area contributed by atoms with Crippen LogP contribution in [-0.2, 0) is 4.79 Å². The third kappa shape index (κ3) is 4.14. The third-order valence-corrected chi connectivity index (χ3v) is 3.69. The van der Waals surface area contributed by atoms with Crippen LogP contribution in [0.2, 0.25) is 0 Å². The second-order valence-electron chi connectivity index (χ2n) is 5.07. The molecule has 112 valence electrons. The number of piperazine rings is 1. The minimum Gasteiger partial charge on any atom is -0.495 e. The number of nitrogens with one attached hydrogen (secondary N) is 2. The summed E-state index contributed by atoms with van der Waals surface area (Å²) in [6.45, 7) is 4.49. The molecule has 1 heterocycles. The second kappa shape index (κ2) is 7.55. The van der Waals surface area contributed by atoms with Crippen LogP contribution >= 0.6 is 0 Å². The monoisotopic (exact) mass is 288 g/mol. The van der Waals surface area contributed by atoms with Gasteiger partial charge in [-0.3, -0.25) is 4.79 Å². The highest BCUT2D eigenvalue weighted by Crippen LogP contribution is 2.27. The maximum absolute atomic E-state index is 11.7. The van der Waals surface area contributed by atoms with E-state index in [-0.39, 0.29) is 5.91 Å². The number of rotatable bonds is 5. The summed E-state index contributed by atoms with van der Waals surface area (Å²) in [5.74, 6) is 3.33. The molecular formula is C16H22N3O2+. The highest BCUT2D eigenvalue weighted by atomic mass is 16.5. The maximum atomic E-state index is 11.7. The van der Waals surface area contributed by atoms with E-state index in [9.17, 15) is 4.79 Å². The topological polar surface area (TPSA) is 46.0 Å². The van der Waals surface area contributed by atoms with Gasteiger partial charge < -0.3 is 19.9 Å². The lowest BCUT2D eigenvalue weighted by Crippen LogP contribution is -3.15. The first kappa shape index (κ1) is 15.2. The number of anilines is 1. The van der Waals surface area contributed by atoms with Gasteiger partial charge >= 0.3 is 0 Å². The van der Waals surface area contributed by atoms with E-state index in [4.69, 9.17) is 11.2 Å².